The lowest BCUT2D eigenvalue weighted by Gasteiger charge is -2.34. The maximum Gasteiger partial charge on any atom is 0.0524 e. The molecule has 0 aromatic carbocycles. The molecule has 3 unspecified atom stereocenters. The molecule has 1 heterocycles. The summed E-state index contributed by atoms with van der Waals surface area (Å²) in [6.07, 6.45) is 12.5. The van der Waals surface area contributed by atoms with Crippen molar-refractivity contribution in [1.82, 2.24) is 15.1 Å². The minimum atomic E-state index is 0.718. The van der Waals surface area contributed by atoms with Gasteiger partial charge in [0.2, 0.25) is 0 Å². The van der Waals surface area contributed by atoms with Gasteiger partial charge in [-0.3, -0.25) is 4.68 Å². The van der Waals surface area contributed by atoms with Crippen LogP contribution >= 0.6 is 0 Å². The van der Waals surface area contributed by atoms with Crippen LogP contribution in [0.15, 0.2) is 12.4 Å². The minimum Gasteiger partial charge on any atom is -0.314 e. The Bertz CT molecular complexity index is 422. The Labute approximate surface area is 123 Å². The van der Waals surface area contributed by atoms with Crippen LogP contribution in [0.2, 0.25) is 0 Å². The molecule has 2 aliphatic carbocycles. The van der Waals surface area contributed by atoms with E-state index in [-0.39, 0.29) is 0 Å². The average Bonchev–Trinajstić information content (AvgIpc) is 3.16. The second kappa shape index (κ2) is 6.30. The molecule has 3 rings (SSSR count). The SMILES string of the molecule is CCCn1cc(C2CC(C)CCC2CNC2CC2)cn1. The molecule has 2 aliphatic rings. The van der Waals surface area contributed by atoms with Gasteiger partial charge >= 0.3 is 0 Å². The minimum absolute atomic E-state index is 0.718. The van der Waals surface area contributed by atoms with E-state index >= 15 is 0 Å². The topological polar surface area (TPSA) is 29.9 Å². The maximum atomic E-state index is 4.54. The van der Waals surface area contributed by atoms with Crippen LogP contribution in [0.25, 0.3) is 0 Å². The summed E-state index contributed by atoms with van der Waals surface area (Å²) in [6.45, 7) is 6.88. The highest BCUT2D eigenvalue weighted by molar-refractivity contribution is 5.14. The van der Waals surface area contributed by atoms with E-state index in [0.29, 0.717) is 0 Å². The van der Waals surface area contributed by atoms with Gasteiger partial charge in [0.15, 0.2) is 0 Å². The summed E-state index contributed by atoms with van der Waals surface area (Å²) in [6, 6.07) is 0.831. The second-order valence-electron chi connectivity index (χ2n) is 7.00. The summed E-state index contributed by atoms with van der Waals surface area (Å²) in [5.74, 6) is 2.40. The Kier molecular flexibility index (Phi) is 4.45. The zero-order chi connectivity index (χ0) is 13.9. The molecule has 0 aliphatic heterocycles. The summed E-state index contributed by atoms with van der Waals surface area (Å²) < 4.78 is 2.12. The number of nitrogens with zero attached hydrogens (tertiary/aromatic N) is 2. The Morgan fingerprint density at radius 2 is 2.15 bits per heavy atom. The number of aromatic nitrogens is 2. The van der Waals surface area contributed by atoms with Crippen LogP contribution in [0.4, 0.5) is 0 Å². The highest BCUT2D eigenvalue weighted by Gasteiger charge is 2.32. The van der Waals surface area contributed by atoms with Gasteiger partial charge in [0.05, 0.1) is 6.20 Å². The van der Waals surface area contributed by atoms with Crippen LogP contribution in [0.1, 0.15) is 63.9 Å². The van der Waals surface area contributed by atoms with Gasteiger partial charge in [0, 0.05) is 18.8 Å². The summed E-state index contributed by atoms with van der Waals surface area (Å²) in [7, 11) is 0. The lowest BCUT2D eigenvalue weighted by Crippen LogP contribution is -2.32. The van der Waals surface area contributed by atoms with E-state index in [0.717, 1.165) is 36.8 Å². The average molecular weight is 275 g/mol. The molecule has 3 atom stereocenters. The van der Waals surface area contributed by atoms with E-state index in [9.17, 15) is 0 Å². The van der Waals surface area contributed by atoms with Crippen molar-refractivity contribution in [1.29, 1.82) is 0 Å². The quantitative estimate of drug-likeness (QED) is 0.860. The Hall–Kier alpha value is -0.830. The monoisotopic (exact) mass is 275 g/mol. The van der Waals surface area contributed by atoms with Crippen LogP contribution in [-0.4, -0.2) is 22.4 Å². The summed E-state index contributed by atoms with van der Waals surface area (Å²) in [4.78, 5) is 0. The smallest absolute Gasteiger partial charge is 0.0524 e. The maximum absolute atomic E-state index is 4.54. The molecule has 2 saturated carbocycles. The third-order valence-corrected chi connectivity index (χ3v) is 5.04. The number of hydrogen-bond donors (Lipinski definition) is 1. The van der Waals surface area contributed by atoms with E-state index in [2.05, 4.69) is 41.3 Å². The molecule has 112 valence electrons. The van der Waals surface area contributed by atoms with Crippen LogP contribution in [0.5, 0.6) is 0 Å². The Morgan fingerprint density at radius 1 is 1.30 bits per heavy atom. The van der Waals surface area contributed by atoms with Gasteiger partial charge in [-0.2, -0.15) is 5.10 Å². The standard InChI is InChI=1S/C17H29N3/c1-3-8-20-12-15(11-19-20)17-9-13(2)4-5-14(17)10-18-16-6-7-16/h11-14,16-18H,3-10H2,1-2H3. The van der Waals surface area contributed by atoms with E-state index in [4.69, 9.17) is 0 Å². The fourth-order valence-electron chi connectivity index (χ4n) is 3.62. The van der Waals surface area contributed by atoms with Gasteiger partial charge in [-0.05, 0) is 62.0 Å². The van der Waals surface area contributed by atoms with Gasteiger partial charge in [-0.25, -0.2) is 0 Å². The molecule has 20 heavy (non-hydrogen) atoms. The molecule has 3 nitrogen and oxygen atoms in total. The molecular weight excluding hydrogens is 246 g/mol. The zero-order valence-electron chi connectivity index (χ0n) is 13.0. The molecule has 1 N–H and O–H groups in total. The van der Waals surface area contributed by atoms with E-state index < -0.39 is 0 Å². The van der Waals surface area contributed by atoms with Gasteiger partial charge in [0.25, 0.3) is 0 Å². The first-order valence-electron chi connectivity index (χ1n) is 8.52. The molecule has 0 radical (unpaired) electrons. The zero-order valence-corrected chi connectivity index (χ0v) is 13.0. The third kappa shape index (κ3) is 3.43. The molecule has 3 heteroatoms. The number of nitrogens with one attached hydrogen (secondary N) is 1. The molecule has 0 spiro atoms. The van der Waals surface area contributed by atoms with Crippen molar-refractivity contribution in [2.75, 3.05) is 6.54 Å². The largest absolute Gasteiger partial charge is 0.314 e. The Morgan fingerprint density at radius 3 is 2.90 bits per heavy atom. The molecule has 0 amide bonds. The van der Waals surface area contributed by atoms with Crippen molar-refractivity contribution < 1.29 is 0 Å². The fraction of sp³-hybridized carbons (Fsp3) is 0.824. The van der Waals surface area contributed by atoms with E-state index in [1.165, 1.54) is 44.2 Å². The molecule has 1 aromatic rings. The van der Waals surface area contributed by atoms with Gasteiger partial charge in [-0.1, -0.05) is 20.3 Å². The molecule has 2 fully saturated rings. The van der Waals surface area contributed by atoms with Gasteiger partial charge < -0.3 is 5.32 Å². The van der Waals surface area contributed by atoms with Gasteiger partial charge in [0.1, 0.15) is 0 Å². The van der Waals surface area contributed by atoms with Crippen molar-refractivity contribution in [3.63, 3.8) is 0 Å². The van der Waals surface area contributed by atoms with Crippen molar-refractivity contribution in [2.24, 2.45) is 11.8 Å². The van der Waals surface area contributed by atoms with Crippen LogP contribution in [-0.2, 0) is 6.54 Å². The van der Waals surface area contributed by atoms with Crippen molar-refractivity contribution in [3.8, 4) is 0 Å². The predicted molar refractivity (Wildman–Crippen MR) is 82.8 cm³/mol. The third-order valence-electron chi connectivity index (χ3n) is 5.04. The number of rotatable bonds is 6. The first-order chi connectivity index (χ1) is 9.76. The second-order valence-corrected chi connectivity index (χ2v) is 7.00. The fourth-order valence-corrected chi connectivity index (χ4v) is 3.62. The summed E-state index contributed by atoms with van der Waals surface area (Å²) in [5.41, 5.74) is 1.48. The molecule has 0 saturated heterocycles. The number of aryl methyl sites for hydroxylation is 1. The van der Waals surface area contributed by atoms with Crippen molar-refractivity contribution in [3.05, 3.63) is 18.0 Å². The first kappa shape index (κ1) is 14.1. The molecule has 1 aromatic heterocycles. The van der Waals surface area contributed by atoms with E-state index in [1.54, 1.807) is 0 Å². The highest BCUT2D eigenvalue weighted by Crippen LogP contribution is 2.40. The van der Waals surface area contributed by atoms with Gasteiger partial charge in [-0.15, -0.1) is 0 Å². The lowest BCUT2D eigenvalue weighted by molar-refractivity contribution is 0.241. The molecule has 0 bridgehead atoms. The van der Waals surface area contributed by atoms with Crippen LogP contribution < -0.4 is 5.32 Å². The van der Waals surface area contributed by atoms with Crippen molar-refractivity contribution >= 4 is 0 Å². The summed E-state index contributed by atoms with van der Waals surface area (Å²) in [5, 5.41) is 8.29. The van der Waals surface area contributed by atoms with Crippen molar-refractivity contribution in [2.45, 2.75) is 70.9 Å². The normalized spacial score (nSPS) is 30.6. The number of hydrogen-bond acceptors (Lipinski definition) is 2. The van der Waals surface area contributed by atoms with Crippen LogP contribution in [0, 0.1) is 11.8 Å². The summed E-state index contributed by atoms with van der Waals surface area (Å²) >= 11 is 0. The lowest BCUT2D eigenvalue weighted by atomic mass is 9.72. The van der Waals surface area contributed by atoms with E-state index in [1.807, 2.05) is 0 Å². The Balaban J connectivity index is 1.66. The first-order valence-corrected chi connectivity index (χ1v) is 8.52. The van der Waals surface area contributed by atoms with Crippen LogP contribution in [0.3, 0.4) is 0 Å². The highest BCUT2D eigenvalue weighted by atomic mass is 15.3. The predicted octanol–water partition coefficient (Wildman–Crippen LogP) is 3.56. The molecular formula is C17H29N3.